The predicted molar refractivity (Wildman–Crippen MR) is 103 cm³/mol. The fraction of sp³-hybridized carbons (Fsp3) is 0.174. The zero-order valence-corrected chi connectivity index (χ0v) is 14.0. The molecule has 122 valence electrons. The highest BCUT2D eigenvalue weighted by molar-refractivity contribution is 6.07. The molecule has 1 heterocycles. The van der Waals surface area contributed by atoms with Gasteiger partial charge in [0.2, 0.25) is 0 Å². The number of aryl methyl sites for hydroxylation is 1. The second kappa shape index (κ2) is 5.89. The maximum atomic E-state index is 5.13. The SMILES string of the molecule is c1ccc([C@H]2[C@H]3CCc4ccccc4C3=NN2c2ccccc2)cc1. The van der Waals surface area contributed by atoms with Gasteiger partial charge in [-0.3, -0.25) is 5.01 Å². The molecule has 1 aliphatic carbocycles. The van der Waals surface area contributed by atoms with E-state index >= 15 is 0 Å². The highest BCUT2D eigenvalue weighted by Gasteiger charge is 2.41. The fourth-order valence-corrected chi connectivity index (χ4v) is 4.24. The molecular weight excluding hydrogens is 304 g/mol. The Morgan fingerprint density at radius 2 is 1.44 bits per heavy atom. The number of rotatable bonds is 2. The van der Waals surface area contributed by atoms with Crippen molar-refractivity contribution in [3.63, 3.8) is 0 Å². The first-order valence-corrected chi connectivity index (χ1v) is 8.98. The Kier molecular flexibility index (Phi) is 3.41. The molecule has 0 saturated heterocycles. The van der Waals surface area contributed by atoms with E-state index < -0.39 is 0 Å². The quantitative estimate of drug-likeness (QED) is 0.631. The van der Waals surface area contributed by atoms with E-state index in [2.05, 4.69) is 89.9 Å². The zero-order chi connectivity index (χ0) is 16.6. The van der Waals surface area contributed by atoms with Crippen LogP contribution in [0.4, 0.5) is 5.69 Å². The van der Waals surface area contributed by atoms with E-state index in [0.29, 0.717) is 5.92 Å². The molecule has 5 rings (SSSR count). The summed E-state index contributed by atoms with van der Waals surface area (Å²) in [5.74, 6) is 0.442. The van der Waals surface area contributed by atoms with Crippen LogP contribution in [0.1, 0.15) is 29.2 Å². The van der Waals surface area contributed by atoms with Crippen LogP contribution in [-0.4, -0.2) is 5.71 Å². The van der Waals surface area contributed by atoms with Gasteiger partial charge in [-0.15, -0.1) is 0 Å². The van der Waals surface area contributed by atoms with E-state index in [0.717, 1.165) is 18.5 Å². The number of nitrogens with zero attached hydrogens (tertiary/aromatic N) is 2. The van der Waals surface area contributed by atoms with Crippen LogP contribution in [0.2, 0.25) is 0 Å². The summed E-state index contributed by atoms with van der Waals surface area (Å²) in [4.78, 5) is 0. The minimum absolute atomic E-state index is 0.270. The molecule has 0 saturated carbocycles. The second-order valence-corrected chi connectivity index (χ2v) is 6.82. The molecule has 0 N–H and O–H groups in total. The van der Waals surface area contributed by atoms with Gasteiger partial charge in [-0.05, 0) is 36.1 Å². The highest BCUT2D eigenvalue weighted by Crippen LogP contribution is 2.45. The Hall–Kier alpha value is -2.87. The number of benzene rings is 3. The van der Waals surface area contributed by atoms with Gasteiger partial charge in [0.15, 0.2) is 0 Å². The zero-order valence-electron chi connectivity index (χ0n) is 14.0. The summed E-state index contributed by atoms with van der Waals surface area (Å²) >= 11 is 0. The maximum Gasteiger partial charge on any atom is 0.0860 e. The lowest BCUT2D eigenvalue weighted by Gasteiger charge is -2.30. The fourth-order valence-electron chi connectivity index (χ4n) is 4.24. The van der Waals surface area contributed by atoms with Crippen molar-refractivity contribution in [1.82, 2.24) is 0 Å². The monoisotopic (exact) mass is 324 g/mol. The lowest BCUT2D eigenvalue weighted by Crippen LogP contribution is -2.28. The first-order valence-electron chi connectivity index (χ1n) is 8.98. The number of para-hydroxylation sites is 1. The number of fused-ring (bicyclic) bond motifs is 3. The molecule has 2 nitrogen and oxygen atoms in total. The molecule has 2 aliphatic rings. The summed E-state index contributed by atoms with van der Waals surface area (Å²) in [5, 5.41) is 7.36. The van der Waals surface area contributed by atoms with Crippen LogP contribution >= 0.6 is 0 Å². The normalized spacial score (nSPS) is 21.4. The Morgan fingerprint density at radius 3 is 2.24 bits per heavy atom. The molecular formula is C23H20N2. The molecule has 0 aromatic heterocycles. The van der Waals surface area contributed by atoms with Crippen molar-refractivity contribution in [3.05, 3.63) is 102 Å². The van der Waals surface area contributed by atoms with Crippen molar-refractivity contribution in [3.8, 4) is 0 Å². The first-order chi connectivity index (χ1) is 12.4. The Bertz CT molecular complexity index is 915. The summed E-state index contributed by atoms with van der Waals surface area (Å²) in [7, 11) is 0. The summed E-state index contributed by atoms with van der Waals surface area (Å²) in [6.07, 6.45) is 2.28. The molecule has 0 spiro atoms. The topological polar surface area (TPSA) is 15.6 Å². The predicted octanol–water partition coefficient (Wildman–Crippen LogP) is 5.21. The number of anilines is 1. The maximum absolute atomic E-state index is 5.13. The van der Waals surface area contributed by atoms with Gasteiger partial charge in [0.05, 0.1) is 17.4 Å². The van der Waals surface area contributed by atoms with E-state index in [1.807, 2.05) is 0 Å². The molecule has 3 aromatic carbocycles. The Balaban J connectivity index is 1.66. The van der Waals surface area contributed by atoms with E-state index in [1.54, 1.807) is 0 Å². The molecule has 0 bridgehead atoms. The van der Waals surface area contributed by atoms with Crippen molar-refractivity contribution in [2.75, 3.05) is 5.01 Å². The van der Waals surface area contributed by atoms with Gasteiger partial charge in [-0.2, -0.15) is 5.10 Å². The van der Waals surface area contributed by atoms with Crippen molar-refractivity contribution < 1.29 is 0 Å². The number of hydrogen-bond donors (Lipinski definition) is 0. The van der Waals surface area contributed by atoms with Crippen molar-refractivity contribution in [1.29, 1.82) is 0 Å². The van der Waals surface area contributed by atoms with Crippen LogP contribution < -0.4 is 5.01 Å². The molecule has 0 fully saturated rings. The summed E-state index contributed by atoms with van der Waals surface area (Å²) in [5.41, 5.74) is 6.52. The van der Waals surface area contributed by atoms with Gasteiger partial charge in [-0.25, -0.2) is 0 Å². The smallest absolute Gasteiger partial charge is 0.0860 e. The largest absolute Gasteiger partial charge is 0.257 e. The van der Waals surface area contributed by atoms with Crippen LogP contribution in [0.3, 0.4) is 0 Å². The lowest BCUT2D eigenvalue weighted by molar-refractivity contribution is 0.510. The van der Waals surface area contributed by atoms with Crippen LogP contribution in [0.25, 0.3) is 0 Å². The van der Waals surface area contributed by atoms with Gasteiger partial charge in [0.25, 0.3) is 0 Å². The van der Waals surface area contributed by atoms with Crippen LogP contribution in [0.15, 0.2) is 90.0 Å². The van der Waals surface area contributed by atoms with E-state index in [-0.39, 0.29) is 6.04 Å². The molecule has 2 heteroatoms. The Labute approximate surface area is 148 Å². The third kappa shape index (κ3) is 2.37. The highest BCUT2D eigenvalue weighted by atomic mass is 15.5. The Morgan fingerprint density at radius 1 is 0.760 bits per heavy atom. The second-order valence-electron chi connectivity index (χ2n) is 6.82. The molecule has 0 amide bonds. The van der Waals surface area contributed by atoms with Gasteiger partial charge in [-0.1, -0.05) is 72.8 Å². The average Bonchev–Trinajstić information content (AvgIpc) is 3.09. The summed E-state index contributed by atoms with van der Waals surface area (Å²) in [6.45, 7) is 0. The van der Waals surface area contributed by atoms with Crippen LogP contribution in [0.5, 0.6) is 0 Å². The van der Waals surface area contributed by atoms with Gasteiger partial charge < -0.3 is 0 Å². The average molecular weight is 324 g/mol. The van der Waals surface area contributed by atoms with Gasteiger partial charge in [0, 0.05) is 11.5 Å². The third-order valence-electron chi connectivity index (χ3n) is 5.39. The standard InChI is InChI=1S/C23H20N2/c1-3-10-18(11-4-1)23-21-16-15-17-9-7-8-14-20(17)22(21)24-25(23)19-12-5-2-6-13-19/h1-14,21,23H,15-16H2/t21-,23-/m0/s1. The van der Waals surface area contributed by atoms with Gasteiger partial charge in [0.1, 0.15) is 0 Å². The molecule has 0 radical (unpaired) electrons. The third-order valence-corrected chi connectivity index (χ3v) is 5.39. The minimum atomic E-state index is 0.270. The molecule has 3 aromatic rings. The van der Waals surface area contributed by atoms with E-state index in [1.165, 1.54) is 22.4 Å². The van der Waals surface area contributed by atoms with Gasteiger partial charge >= 0.3 is 0 Å². The number of hydrogen-bond acceptors (Lipinski definition) is 2. The van der Waals surface area contributed by atoms with E-state index in [9.17, 15) is 0 Å². The van der Waals surface area contributed by atoms with Crippen molar-refractivity contribution >= 4 is 11.4 Å². The molecule has 0 unspecified atom stereocenters. The van der Waals surface area contributed by atoms with Crippen LogP contribution in [0, 0.1) is 5.92 Å². The summed E-state index contributed by atoms with van der Waals surface area (Å²) < 4.78 is 0. The first kappa shape index (κ1) is 14.5. The van der Waals surface area contributed by atoms with Crippen molar-refractivity contribution in [2.45, 2.75) is 18.9 Å². The molecule has 25 heavy (non-hydrogen) atoms. The van der Waals surface area contributed by atoms with Crippen LogP contribution in [-0.2, 0) is 6.42 Å². The molecule has 1 aliphatic heterocycles. The van der Waals surface area contributed by atoms with E-state index in [4.69, 9.17) is 5.10 Å². The van der Waals surface area contributed by atoms with Crippen molar-refractivity contribution in [2.24, 2.45) is 11.0 Å². The summed E-state index contributed by atoms with van der Waals surface area (Å²) in [6, 6.07) is 30.4. The number of hydrazone groups is 1. The molecule has 2 atom stereocenters. The lowest BCUT2D eigenvalue weighted by atomic mass is 9.77. The minimum Gasteiger partial charge on any atom is -0.257 e.